The molecule has 2 aromatic rings. The number of amidine groups is 1. The van der Waals surface area contributed by atoms with Gasteiger partial charge in [-0.1, -0.05) is 15.9 Å². The van der Waals surface area contributed by atoms with Crippen molar-refractivity contribution in [2.45, 2.75) is 0 Å². The Balaban J connectivity index is 2.39. The third kappa shape index (κ3) is 3.34. The summed E-state index contributed by atoms with van der Waals surface area (Å²) in [5, 5.41) is 18.2. The highest BCUT2D eigenvalue weighted by molar-refractivity contribution is 9.10. The van der Waals surface area contributed by atoms with Crippen molar-refractivity contribution in [3.8, 4) is 11.5 Å². The van der Waals surface area contributed by atoms with Crippen LogP contribution in [0.3, 0.4) is 0 Å². The highest BCUT2D eigenvalue weighted by atomic mass is 79.9. The van der Waals surface area contributed by atoms with E-state index in [1.165, 1.54) is 24.3 Å². The van der Waals surface area contributed by atoms with Crippen LogP contribution in [0, 0.1) is 21.3 Å². The molecule has 0 radical (unpaired) electrons. The second kappa shape index (κ2) is 5.88. The van der Waals surface area contributed by atoms with Gasteiger partial charge in [0.15, 0.2) is 11.6 Å². The number of hydrogen-bond acceptors (Lipinski definition) is 4. The minimum Gasteiger partial charge on any atom is -0.447 e. The van der Waals surface area contributed by atoms with Gasteiger partial charge in [-0.15, -0.1) is 0 Å². The highest BCUT2D eigenvalue weighted by Crippen LogP contribution is 2.34. The molecule has 108 valence electrons. The van der Waals surface area contributed by atoms with E-state index in [1.54, 1.807) is 6.07 Å². The number of nitrogens with zero attached hydrogens (tertiary/aromatic N) is 1. The van der Waals surface area contributed by atoms with E-state index in [0.29, 0.717) is 4.47 Å². The normalized spacial score (nSPS) is 10.2. The molecular weight excluding hydrogens is 345 g/mol. The van der Waals surface area contributed by atoms with E-state index in [9.17, 15) is 14.5 Å². The maximum Gasteiger partial charge on any atom is 0.312 e. The Morgan fingerprint density at radius 1 is 1.29 bits per heavy atom. The summed E-state index contributed by atoms with van der Waals surface area (Å²) in [5.41, 5.74) is 5.15. The molecule has 0 bridgehead atoms. The Morgan fingerprint density at radius 3 is 2.52 bits per heavy atom. The van der Waals surface area contributed by atoms with Gasteiger partial charge in [0, 0.05) is 16.1 Å². The topological polar surface area (TPSA) is 102 Å². The lowest BCUT2D eigenvalue weighted by Gasteiger charge is -2.08. The Hall–Kier alpha value is -2.48. The smallest absolute Gasteiger partial charge is 0.312 e. The van der Waals surface area contributed by atoms with Crippen molar-refractivity contribution in [3.63, 3.8) is 0 Å². The molecule has 0 saturated carbocycles. The first-order chi connectivity index (χ1) is 9.88. The predicted molar refractivity (Wildman–Crippen MR) is 78.3 cm³/mol. The average Bonchev–Trinajstić information content (AvgIpc) is 2.42. The lowest BCUT2D eigenvalue weighted by atomic mass is 10.2. The molecule has 21 heavy (non-hydrogen) atoms. The number of nitrogen functional groups attached to an aromatic ring is 1. The minimum absolute atomic E-state index is 0.0855. The summed E-state index contributed by atoms with van der Waals surface area (Å²) >= 11 is 3.12. The van der Waals surface area contributed by atoms with Gasteiger partial charge in [-0.05, 0) is 30.3 Å². The van der Waals surface area contributed by atoms with Crippen LogP contribution >= 0.6 is 15.9 Å². The number of ether oxygens (including phenoxy) is 1. The summed E-state index contributed by atoms with van der Waals surface area (Å²) in [6.45, 7) is 0. The zero-order valence-electron chi connectivity index (χ0n) is 10.5. The van der Waals surface area contributed by atoms with Crippen LogP contribution in [0.4, 0.5) is 10.1 Å². The fourth-order valence-electron chi connectivity index (χ4n) is 1.59. The van der Waals surface area contributed by atoms with Crippen LogP contribution in [0.2, 0.25) is 0 Å². The molecule has 0 unspecified atom stereocenters. The molecule has 0 aliphatic rings. The zero-order chi connectivity index (χ0) is 15.6. The number of halogens is 2. The summed E-state index contributed by atoms with van der Waals surface area (Å²) in [4.78, 5) is 10.3. The molecule has 0 heterocycles. The van der Waals surface area contributed by atoms with E-state index < -0.39 is 10.7 Å². The van der Waals surface area contributed by atoms with E-state index in [1.807, 2.05) is 0 Å². The molecule has 0 aromatic heterocycles. The first-order valence-electron chi connectivity index (χ1n) is 5.64. The Morgan fingerprint density at radius 2 is 1.95 bits per heavy atom. The van der Waals surface area contributed by atoms with Crippen LogP contribution in [0.25, 0.3) is 0 Å². The number of nitro groups is 1. The first kappa shape index (κ1) is 14.9. The van der Waals surface area contributed by atoms with Crippen molar-refractivity contribution < 1.29 is 14.1 Å². The van der Waals surface area contributed by atoms with Crippen molar-refractivity contribution >= 4 is 27.5 Å². The van der Waals surface area contributed by atoms with Gasteiger partial charge in [0.1, 0.15) is 5.84 Å². The molecule has 2 rings (SSSR count). The van der Waals surface area contributed by atoms with Crippen LogP contribution in [0.1, 0.15) is 5.56 Å². The van der Waals surface area contributed by atoms with Gasteiger partial charge in [0.05, 0.1) is 4.92 Å². The molecule has 0 atom stereocenters. The van der Waals surface area contributed by atoms with Crippen molar-refractivity contribution in [1.82, 2.24) is 0 Å². The second-order valence-corrected chi connectivity index (χ2v) is 4.95. The lowest BCUT2D eigenvalue weighted by molar-refractivity contribution is -0.385. The molecule has 8 heteroatoms. The molecular formula is C13H9BrFN3O3. The van der Waals surface area contributed by atoms with Gasteiger partial charge in [-0.2, -0.15) is 0 Å². The van der Waals surface area contributed by atoms with Crippen LogP contribution in [0.15, 0.2) is 40.9 Å². The molecule has 0 saturated heterocycles. The third-order valence-electron chi connectivity index (χ3n) is 2.58. The Bertz CT molecular complexity index is 737. The summed E-state index contributed by atoms with van der Waals surface area (Å²) in [7, 11) is 0. The zero-order valence-corrected chi connectivity index (χ0v) is 12.1. The minimum atomic E-state index is -0.764. The monoisotopic (exact) mass is 353 g/mol. The Kier molecular flexibility index (Phi) is 4.18. The molecule has 0 amide bonds. The standard InChI is InChI=1S/C13H9BrFN3O3/c14-8-2-4-12(10(6-8)18(19)20)21-11-3-1-7(13(16)17)5-9(11)15/h1-6H,(H3,16,17). The van der Waals surface area contributed by atoms with E-state index in [0.717, 1.165) is 6.07 Å². The number of rotatable bonds is 4. The number of nitro benzene ring substituents is 1. The molecule has 0 spiro atoms. The number of nitrogens with two attached hydrogens (primary N) is 1. The summed E-state index contributed by atoms with van der Waals surface area (Å²) in [5.74, 6) is -1.32. The van der Waals surface area contributed by atoms with Crippen LogP contribution in [-0.2, 0) is 0 Å². The summed E-state index contributed by atoms with van der Waals surface area (Å²) in [6.07, 6.45) is 0. The Labute approximate surface area is 127 Å². The lowest BCUT2D eigenvalue weighted by Crippen LogP contribution is -2.11. The van der Waals surface area contributed by atoms with Gasteiger partial charge in [0.2, 0.25) is 5.75 Å². The van der Waals surface area contributed by atoms with Crippen molar-refractivity contribution in [2.24, 2.45) is 5.73 Å². The maximum atomic E-state index is 13.9. The van der Waals surface area contributed by atoms with Gasteiger partial charge in [0.25, 0.3) is 0 Å². The summed E-state index contributed by atoms with van der Waals surface area (Å²) < 4.78 is 19.6. The largest absolute Gasteiger partial charge is 0.447 e. The van der Waals surface area contributed by atoms with Crippen molar-refractivity contribution in [2.75, 3.05) is 0 Å². The SMILES string of the molecule is N=C(N)c1ccc(Oc2ccc(Br)cc2[N+](=O)[O-])c(F)c1. The van der Waals surface area contributed by atoms with E-state index >= 15 is 0 Å². The van der Waals surface area contributed by atoms with Crippen LogP contribution < -0.4 is 10.5 Å². The fraction of sp³-hybridized carbons (Fsp3) is 0. The molecule has 0 aliphatic heterocycles. The first-order valence-corrected chi connectivity index (χ1v) is 6.43. The van der Waals surface area contributed by atoms with Crippen LogP contribution in [0.5, 0.6) is 11.5 Å². The van der Waals surface area contributed by atoms with Gasteiger partial charge >= 0.3 is 5.69 Å². The third-order valence-corrected chi connectivity index (χ3v) is 3.07. The highest BCUT2D eigenvalue weighted by Gasteiger charge is 2.18. The predicted octanol–water partition coefficient (Wildman–Crippen LogP) is 3.57. The van der Waals surface area contributed by atoms with Gasteiger partial charge < -0.3 is 10.5 Å². The quantitative estimate of drug-likeness (QED) is 0.379. The molecule has 0 aliphatic carbocycles. The van der Waals surface area contributed by atoms with Crippen molar-refractivity contribution in [1.29, 1.82) is 5.41 Å². The van der Waals surface area contributed by atoms with E-state index in [-0.39, 0.29) is 28.6 Å². The van der Waals surface area contributed by atoms with Crippen LogP contribution in [-0.4, -0.2) is 10.8 Å². The van der Waals surface area contributed by atoms with E-state index in [2.05, 4.69) is 15.9 Å². The maximum absolute atomic E-state index is 13.9. The number of hydrogen-bond donors (Lipinski definition) is 2. The number of benzene rings is 2. The summed E-state index contributed by atoms with van der Waals surface area (Å²) in [6, 6.07) is 7.85. The van der Waals surface area contributed by atoms with Crippen molar-refractivity contribution in [3.05, 3.63) is 62.4 Å². The van der Waals surface area contributed by atoms with Gasteiger partial charge in [-0.3, -0.25) is 15.5 Å². The van der Waals surface area contributed by atoms with Gasteiger partial charge in [-0.25, -0.2) is 4.39 Å². The molecule has 3 N–H and O–H groups in total. The van der Waals surface area contributed by atoms with E-state index in [4.69, 9.17) is 15.9 Å². The molecule has 0 fully saturated rings. The molecule has 2 aromatic carbocycles. The second-order valence-electron chi connectivity index (χ2n) is 4.03. The average molecular weight is 354 g/mol. The fourth-order valence-corrected chi connectivity index (χ4v) is 1.94. The molecule has 6 nitrogen and oxygen atoms in total. The number of nitrogens with one attached hydrogen (secondary N) is 1.